The maximum Gasteiger partial charge on any atom is 0.344 e. The maximum atomic E-state index is 11.7. The summed E-state index contributed by atoms with van der Waals surface area (Å²) in [6.07, 6.45) is 3.05. The molecule has 0 spiro atoms. The quantitative estimate of drug-likeness (QED) is 0.582. The Morgan fingerprint density at radius 2 is 1.88 bits per heavy atom. The first-order valence-electron chi connectivity index (χ1n) is 7.30. The number of rotatable bonds is 8. The topological polar surface area (TPSA) is 86.8 Å². The van der Waals surface area contributed by atoms with E-state index in [1.165, 1.54) is 6.20 Å². The van der Waals surface area contributed by atoms with Crippen molar-refractivity contribution >= 4 is 11.9 Å². The van der Waals surface area contributed by atoms with Crippen molar-refractivity contribution in [1.82, 2.24) is 10.3 Å². The van der Waals surface area contributed by atoms with Gasteiger partial charge in [-0.3, -0.25) is 9.78 Å². The molecule has 126 valence electrons. The van der Waals surface area contributed by atoms with Crippen molar-refractivity contribution in [2.75, 3.05) is 26.9 Å². The van der Waals surface area contributed by atoms with E-state index >= 15 is 0 Å². The molecule has 2 aromatic rings. The fourth-order valence-electron chi connectivity index (χ4n) is 1.78. The minimum absolute atomic E-state index is 0.0663. The second-order valence-electron chi connectivity index (χ2n) is 4.68. The molecule has 2 rings (SSSR count). The summed E-state index contributed by atoms with van der Waals surface area (Å²) in [6.45, 7) is 0.0711. The second-order valence-corrected chi connectivity index (χ2v) is 4.68. The van der Waals surface area contributed by atoms with E-state index in [-0.39, 0.29) is 25.7 Å². The van der Waals surface area contributed by atoms with Gasteiger partial charge in [0.2, 0.25) is 0 Å². The van der Waals surface area contributed by atoms with E-state index in [4.69, 9.17) is 14.2 Å². The molecule has 1 N–H and O–H groups in total. The number of carbonyl (C=O) groups is 2. The van der Waals surface area contributed by atoms with Crippen LogP contribution >= 0.6 is 0 Å². The summed E-state index contributed by atoms with van der Waals surface area (Å²) in [5, 5.41) is 2.63. The molecule has 24 heavy (non-hydrogen) atoms. The zero-order valence-electron chi connectivity index (χ0n) is 13.2. The van der Waals surface area contributed by atoms with E-state index in [0.29, 0.717) is 17.1 Å². The van der Waals surface area contributed by atoms with Crippen LogP contribution in [0.3, 0.4) is 0 Å². The van der Waals surface area contributed by atoms with E-state index in [9.17, 15) is 9.59 Å². The molecule has 1 heterocycles. The van der Waals surface area contributed by atoms with Gasteiger partial charge in [-0.1, -0.05) is 0 Å². The number of benzene rings is 1. The molecular weight excluding hydrogens is 312 g/mol. The highest BCUT2D eigenvalue weighted by molar-refractivity contribution is 5.93. The molecule has 1 aromatic carbocycles. The summed E-state index contributed by atoms with van der Waals surface area (Å²) in [5.41, 5.74) is 0.451. The number of amides is 1. The average molecular weight is 330 g/mol. The van der Waals surface area contributed by atoms with Gasteiger partial charge in [0, 0.05) is 12.4 Å². The fraction of sp³-hybridized carbons (Fsp3) is 0.235. The first-order valence-corrected chi connectivity index (χ1v) is 7.30. The van der Waals surface area contributed by atoms with Crippen LogP contribution in [0.15, 0.2) is 48.8 Å². The van der Waals surface area contributed by atoms with Crippen molar-refractivity contribution in [2.45, 2.75) is 0 Å². The zero-order chi connectivity index (χ0) is 17.2. The number of carbonyl (C=O) groups excluding carboxylic acids is 2. The Balaban J connectivity index is 1.62. The van der Waals surface area contributed by atoms with Crippen LogP contribution in [0.2, 0.25) is 0 Å². The molecule has 7 heteroatoms. The van der Waals surface area contributed by atoms with Gasteiger partial charge in [-0.2, -0.15) is 0 Å². The lowest BCUT2D eigenvalue weighted by molar-refractivity contribution is -0.145. The Hall–Kier alpha value is -3.09. The Morgan fingerprint density at radius 1 is 1.12 bits per heavy atom. The highest BCUT2D eigenvalue weighted by Gasteiger charge is 2.07. The number of hydrogen-bond acceptors (Lipinski definition) is 6. The Bertz CT molecular complexity index is 658. The Kier molecular flexibility index (Phi) is 6.58. The molecule has 0 atom stereocenters. The number of esters is 1. The number of methoxy groups -OCH3 is 1. The number of ether oxygens (including phenoxy) is 3. The number of pyridine rings is 1. The molecule has 7 nitrogen and oxygen atoms in total. The fourth-order valence-corrected chi connectivity index (χ4v) is 1.78. The van der Waals surface area contributed by atoms with E-state index in [2.05, 4.69) is 10.3 Å². The van der Waals surface area contributed by atoms with Gasteiger partial charge >= 0.3 is 5.97 Å². The number of aromatic nitrogens is 1. The van der Waals surface area contributed by atoms with Gasteiger partial charge in [-0.05, 0) is 36.4 Å². The molecule has 0 unspecified atom stereocenters. The van der Waals surface area contributed by atoms with Crippen LogP contribution in [0.25, 0.3) is 0 Å². The lowest BCUT2D eigenvalue weighted by Crippen LogP contribution is -2.28. The maximum absolute atomic E-state index is 11.7. The molecule has 0 aliphatic heterocycles. The van der Waals surface area contributed by atoms with Crippen molar-refractivity contribution in [3.05, 3.63) is 54.4 Å². The number of nitrogens with zero attached hydrogens (tertiary/aromatic N) is 1. The summed E-state index contributed by atoms with van der Waals surface area (Å²) >= 11 is 0. The van der Waals surface area contributed by atoms with Crippen molar-refractivity contribution in [3.63, 3.8) is 0 Å². The Morgan fingerprint density at radius 3 is 2.54 bits per heavy atom. The first kappa shape index (κ1) is 17.3. The van der Waals surface area contributed by atoms with Gasteiger partial charge < -0.3 is 19.5 Å². The molecule has 0 radical (unpaired) electrons. The minimum Gasteiger partial charge on any atom is -0.497 e. The molecule has 0 aliphatic carbocycles. The van der Waals surface area contributed by atoms with Crippen LogP contribution < -0.4 is 14.8 Å². The van der Waals surface area contributed by atoms with Gasteiger partial charge in [0.1, 0.15) is 18.1 Å². The smallest absolute Gasteiger partial charge is 0.344 e. The second kappa shape index (κ2) is 9.14. The van der Waals surface area contributed by atoms with E-state index in [1.807, 2.05) is 0 Å². The van der Waals surface area contributed by atoms with E-state index < -0.39 is 5.97 Å². The molecule has 0 saturated heterocycles. The van der Waals surface area contributed by atoms with Gasteiger partial charge in [0.05, 0.1) is 19.2 Å². The third-order valence-electron chi connectivity index (χ3n) is 2.99. The number of hydrogen-bond donors (Lipinski definition) is 1. The summed E-state index contributed by atoms with van der Waals surface area (Å²) in [4.78, 5) is 27.1. The van der Waals surface area contributed by atoms with E-state index in [0.717, 1.165) is 0 Å². The van der Waals surface area contributed by atoms with Crippen LogP contribution in [-0.4, -0.2) is 43.7 Å². The summed E-state index contributed by atoms with van der Waals surface area (Å²) in [5.74, 6) is 0.460. The van der Waals surface area contributed by atoms with Crippen molar-refractivity contribution < 1.29 is 23.8 Å². The molecule has 1 aromatic heterocycles. The van der Waals surface area contributed by atoms with Crippen LogP contribution in [0.1, 0.15) is 10.4 Å². The molecular formula is C17H18N2O5. The minimum atomic E-state index is -0.513. The van der Waals surface area contributed by atoms with Crippen molar-refractivity contribution in [2.24, 2.45) is 0 Å². The predicted octanol–water partition coefficient (Wildman–Crippen LogP) is 1.44. The highest BCUT2D eigenvalue weighted by atomic mass is 16.6. The molecule has 0 aliphatic rings. The van der Waals surface area contributed by atoms with Gasteiger partial charge in [-0.15, -0.1) is 0 Å². The third-order valence-corrected chi connectivity index (χ3v) is 2.99. The van der Waals surface area contributed by atoms with Crippen LogP contribution in [-0.2, 0) is 9.53 Å². The summed E-state index contributed by atoms with van der Waals surface area (Å²) < 4.78 is 15.3. The van der Waals surface area contributed by atoms with Crippen molar-refractivity contribution in [3.8, 4) is 11.5 Å². The predicted molar refractivity (Wildman–Crippen MR) is 86.0 cm³/mol. The average Bonchev–Trinajstić information content (AvgIpc) is 2.64. The standard InChI is InChI=1S/C17H18N2O5/c1-22-14-4-6-15(7-5-14)24-12-16(20)23-10-9-19-17(21)13-3-2-8-18-11-13/h2-8,11H,9-10,12H2,1H3,(H,19,21). The summed E-state index contributed by atoms with van der Waals surface area (Å²) in [6, 6.07) is 10.2. The van der Waals surface area contributed by atoms with Gasteiger partial charge in [-0.25, -0.2) is 4.79 Å². The monoisotopic (exact) mass is 330 g/mol. The molecule has 0 saturated carbocycles. The summed E-state index contributed by atoms with van der Waals surface area (Å²) in [7, 11) is 1.57. The largest absolute Gasteiger partial charge is 0.497 e. The van der Waals surface area contributed by atoms with Crippen LogP contribution in [0.4, 0.5) is 0 Å². The van der Waals surface area contributed by atoms with Gasteiger partial charge in [0.25, 0.3) is 5.91 Å². The van der Waals surface area contributed by atoms with Crippen molar-refractivity contribution in [1.29, 1.82) is 0 Å². The Labute approximate surface area is 139 Å². The number of nitrogens with one attached hydrogen (secondary N) is 1. The SMILES string of the molecule is COc1ccc(OCC(=O)OCCNC(=O)c2cccnc2)cc1. The first-order chi connectivity index (χ1) is 11.7. The van der Waals surface area contributed by atoms with Crippen LogP contribution in [0, 0.1) is 0 Å². The third kappa shape index (κ3) is 5.60. The van der Waals surface area contributed by atoms with Crippen LogP contribution in [0.5, 0.6) is 11.5 Å². The highest BCUT2D eigenvalue weighted by Crippen LogP contribution is 2.16. The lowest BCUT2D eigenvalue weighted by atomic mass is 10.3. The molecule has 1 amide bonds. The lowest BCUT2D eigenvalue weighted by Gasteiger charge is -2.08. The molecule has 0 fully saturated rings. The van der Waals surface area contributed by atoms with E-state index in [1.54, 1.807) is 49.7 Å². The van der Waals surface area contributed by atoms with Gasteiger partial charge in [0.15, 0.2) is 6.61 Å². The zero-order valence-corrected chi connectivity index (χ0v) is 13.2. The molecule has 0 bridgehead atoms. The normalized spacial score (nSPS) is 9.88.